The van der Waals surface area contributed by atoms with Crippen molar-refractivity contribution in [3.8, 4) is 0 Å². The van der Waals surface area contributed by atoms with Gasteiger partial charge in [-0.1, -0.05) is 18.2 Å². The second-order valence-corrected chi connectivity index (χ2v) is 2.60. The van der Waals surface area contributed by atoms with Gasteiger partial charge in [-0.05, 0) is 6.07 Å². The van der Waals surface area contributed by atoms with Crippen LogP contribution in [0.4, 0.5) is 0 Å². The Labute approximate surface area is 74.4 Å². The fraction of sp³-hybridized carbons (Fsp3) is 0. The minimum atomic E-state index is -0.730. The average Bonchev–Trinajstić information content (AvgIpc) is 2.17. The summed E-state index contributed by atoms with van der Waals surface area (Å²) >= 11 is 0. The fourth-order valence-corrected chi connectivity index (χ4v) is 1.19. The number of hydrogen-bond donors (Lipinski definition) is 0. The Hall–Kier alpha value is -1.97. The molecule has 0 spiro atoms. The zero-order valence-electron chi connectivity index (χ0n) is 6.69. The second kappa shape index (κ2) is 2.82. The summed E-state index contributed by atoms with van der Waals surface area (Å²) in [6, 6.07) is 7.13. The van der Waals surface area contributed by atoms with Gasteiger partial charge in [0.25, 0.3) is 5.91 Å². The number of benzene rings is 1. The first kappa shape index (κ1) is 7.67. The lowest BCUT2D eigenvalue weighted by Gasteiger charge is -1.98. The third kappa shape index (κ3) is 1.22. The van der Waals surface area contributed by atoms with E-state index in [9.17, 15) is 4.79 Å². The predicted octanol–water partition coefficient (Wildman–Crippen LogP) is 1.05. The van der Waals surface area contributed by atoms with Gasteiger partial charge in [0.15, 0.2) is 0 Å². The third-order valence-corrected chi connectivity index (χ3v) is 1.79. The first-order valence-corrected chi connectivity index (χ1v) is 3.75. The van der Waals surface area contributed by atoms with E-state index >= 15 is 0 Å². The van der Waals surface area contributed by atoms with Gasteiger partial charge in [0.2, 0.25) is 0 Å². The van der Waals surface area contributed by atoms with E-state index in [1.807, 2.05) is 6.07 Å². The Morgan fingerprint density at radius 1 is 1.31 bits per heavy atom. The number of nitrogens with one attached hydrogen (secondary N) is 1. The van der Waals surface area contributed by atoms with Crippen LogP contribution in [0.2, 0.25) is 0 Å². The maximum Gasteiger partial charge on any atom is 0.272 e. The number of aromatic nitrogens is 2. The van der Waals surface area contributed by atoms with Crippen molar-refractivity contribution in [2.24, 2.45) is 0 Å². The maximum absolute atomic E-state index is 10.9. The highest BCUT2D eigenvalue weighted by Crippen LogP contribution is 2.13. The first-order chi connectivity index (χ1) is 6.29. The lowest BCUT2D eigenvalue weighted by Crippen LogP contribution is -2.01. The summed E-state index contributed by atoms with van der Waals surface area (Å²) in [6.07, 6.45) is 1.32. The maximum atomic E-state index is 10.9. The van der Waals surface area contributed by atoms with Crippen molar-refractivity contribution in [1.82, 2.24) is 15.9 Å². The highest BCUT2D eigenvalue weighted by Gasteiger charge is 2.06. The van der Waals surface area contributed by atoms with Gasteiger partial charge < -0.3 is 0 Å². The van der Waals surface area contributed by atoms with Crippen molar-refractivity contribution < 1.29 is 4.79 Å². The van der Waals surface area contributed by atoms with Crippen molar-refractivity contribution in [3.63, 3.8) is 0 Å². The second-order valence-electron chi connectivity index (χ2n) is 2.60. The molecule has 0 bridgehead atoms. The van der Waals surface area contributed by atoms with Gasteiger partial charge >= 0.3 is 0 Å². The van der Waals surface area contributed by atoms with E-state index in [0.717, 1.165) is 0 Å². The number of carbonyl (C=O) groups excluding carboxylic acids is 1. The molecule has 1 aromatic heterocycles. The molecule has 0 aliphatic heterocycles. The summed E-state index contributed by atoms with van der Waals surface area (Å²) in [7, 11) is 0. The number of carbonyl (C=O) groups is 1. The topological polar surface area (TPSA) is 66.7 Å². The predicted molar refractivity (Wildman–Crippen MR) is 47.0 cm³/mol. The molecule has 2 rings (SSSR count). The minimum Gasteiger partial charge on any atom is -0.267 e. The molecule has 1 aromatic carbocycles. The van der Waals surface area contributed by atoms with E-state index in [-0.39, 0.29) is 0 Å². The van der Waals surface area contributed by atoms with Crippen LogP contribution in [0.15, 0.2) is 30.5 Å². The number of amides is 1. The van der Waals surface area contributed by atoms with Crippen LogP contribution in [0.5, 0.6) is 0 Å². The monoisotopic (exact) mass is 172 g/mol. The van der Waals surface area contributed by atoms with Crippen LogP contribution >= 0.6 is 0 Å². The van der Waals surface area contributed by atoms with Crippen LogP contribution in [0, 0.1) is 0 Å². The van der Waals surface area contributed by atoms with Crippen LogP contribution in [-0.4, -0.2) is 16.1 Å². The lowest BCUT2D eigenvalue weighted by atomic mass is 10.1. The molecule has 0 atom stereocenters. The van der Waals surface area contributed by atoms with Crippen LogP contribution in [-0.2, 0) is 0 Å². The van der Waals surface area contributed by atoms with E-state index in [4.69, 9.17) is 5.73 Å². The van der Waals surface area contributed by atoms with Gasteiger partial charge in [-0.2, -0.15) is 10.2 Å². The van der Waals surface area contributed by atoms with E-state index < -0.39 is 5.91 Å². The van der Waals surface area contributed by atoms with Gasteiger partial charge in [0.05, 0.1) is 17.3 Å². The normalized spacial score (nSPS) is 10.2. The third-order valence-electron chi connectivity index (χ3n) is 1.79. The highest BCUT2D eigenvalue weighted by molar-refractivity contribution is 6.04. The highest BCUT2D eigenvalue weighted by atomic mass is 16.1. The van der Waals surface area contributed by atoms with Gasteiger partial charge in [0.1, 0.15) is 0 Å². The Balaban J connectivity index is 2.83. The van der Waals surface area contributed by atoms with E-state index in [1.54, 1.807) is 18.2 Å². The summed E-state index contributed by atoms with van der Waals surface area (Å²) in [5, 5.41) is 8.16. The van der Waals surface area contributed by atoms with Crippen LogP contribution in [0.25, 0.3) is 10.9 Å². The molecule has 1 N–H and O–H groups in total. The lowest BCUT2D eigenvalue weighted by molar-refractivity contribution is 0.0993. The fourth-order valence-electron chi connectivity index (χ4n) is 1.19. The smallest absolute Gasteiger partial charge is 0.267 e. The molecular formula is C9H6N3O. The van der Waals surface area contributed by atoms with Crippen molar-refractivity contribution in [1.29, 1.82) is 0 Å². The molecule has 0 saturated carbocycles. The minimum absolute atomic E-state index is 0.297. The van der Waals surface area contributed by atoms with Crippen molar-refractivity contribution >= 4 is 16.8 Å². The molecule has 0 saturated heterocycles. The zero-order chi connectivity index (χ0) is 9.26. The summed E-state index contributed by atoms with van der Waals surface area (Å²) in [4.78, 5) is 10.9. The van der Waals surface area contributed by atoms with Crippen molar-refractivity contribution in [2.45, 2.75) is 0 Å². The Kier molecular flexibility index (Phi) is 1.66. The molecule has 0 unspecified atom stereocenters. The van der Waals surface area contributed by atoms with Gasteiger partial charge in [-0.25, -0.2) is 0 Å². The molecule has 0 fully saturated rings. The van der Waals surface area contributed by atoms with E-state index in [2.05, 4.69) is 10.2 Å². The van der Waals surface area contributed by atoms with E-state index in [1.165, 1.54) is 6.20 Å². The van der Waals surface area contributed by atoms with Crippen LogP contribution in [0.3, 0.4) is 0 Å². The van der Waals surface area contributed by atoms with Crippen LogP contribution in [0.1, 0.15) is 10.4 Å². The Morgan fingerprint density at radius 2 is 2.08 bits per heavy atom. The van der Waals surface area contributed by atoms with Gasteiger partial charge in [-0.3, -0.25) is 10.5 Å². The first-order valence-electron chi connectivity index (χ1n) is 3.75. The molecule has 1 radical (unpaired) electrons. The molecule has 2 aromatic rings. The van der Waals surface area contributed by atoms with Crippen molar-refractivity contribution in [3.05, 3.63) is 36.0 Å². The van der Waals surface area contributed by atoms with Gasteiger partial charge in [0, 0.05) is 5.39 Å². The van der Waals surface area contributed by atoms with E-state index in [0.29, 0.717) is 16.5 Å². The molecule has 0 aliphatic rings. The number of hydrogen-bond acceptors (Lipinski definition) is 3. The molecule has 0 aliphatic carbocycles. The quantitative estimate of drug-likeness (QED) is 0.645. The molecule has 1 heterocycles. The summed E-state index contributed by atoms with van der Waals surface area (Å²) < 4.78 is 0. The number of fused-ring (bicyclic) bond motifs is 1. The summed E-state index contributed by atoms with van der Waals surface area (Å²) in [5.41, 5.74) is 7.93. The number of rotatable bonds is 1. The summed E-state index contributed by atoms with van der Waals surface area (Å²) in [6.45, 7) is 0. The largest absolute Gasteiger partial charge is 0.272 e. The Morgan fingerprint density at radius 3 is 2.85 bits per heavy atom. The summed E-state index contributed by atoms with van der Waals surface area (Å²) in [5.74, 6) is -0.730. The SMILES string of the molecule is [NH]C(=O)c1cnnc2ccccc12. The van der Waals surface area contributed by atoms with Crippen molar-refractivity contribution in [2.75, 3.05) is 0 Å². The zero-order valence-corrected chi connectivity index (χ0v) is 6.69. The molecule has 13 heavy (non-hydrogen) atoms. The molecule has 1 amide bonds. The molecule has 4 heteroatoms. The molecule has 63 valence electrons. The van der Waals surface area contributed by atoms with Crippen LogP contribution < -0.4 is 5.73 Å². The Bertz CT molecular complexity index is 462. The average molecular weight is 172 g/mol. The molecular weight excluding hydrogens is 166 g/mol. The van der Waals surface area contributed by atoms with Gasteiger partial charge in [-0.15, -0.1) is 0 Å². The molecule has 4 nitrogen and oxygen atoms in total. The number of nitrogens with zero attached hydrogens (tertiary/aromatic N) is 2. The standard InChI is InChI=1S/C9H6N3O/c10-9(13)7-5-11-12-8-4-2-1-3-6(7)8/h1-5,10H.